The Morgan fingerprint density at radius 1 is 0.903 bits per heavy atom. The normalized spacial score (nSPS) is 11.5. The number of imidazole rings is 1. The second kappa shape index (κ2) is 15.0. The molecule has 0 saturated carbocycles. The summed E-state index contributed by atoms with van der Waals surface area (Å²) in [4.78, 5) is 17.2. The number of nitrogens with one attached hydrogen (secondary N) is 1. The third kappa shape index (κ3) is 8.66. The van der Waals surface area contributed by atoms with Crippen molar-refractivity contribution in [2.24, 2.45) is 5.92 Å². The van der Waals surface area contributed by atoms with Gasteiger partial charge >= 0.3 is 0 Å². The van der Waals surface area contributed by atoms with Crippen LogP contribution in [-0.4, -0.2) is 22.0 Å². The lowest BCUT2D eigenvalue weighted by Crippen LogP contribution is -2.32. The van der Waals surface area contributed by atoms with Crippen molar-refractivity contribution in [2.75, 3.05) is 6.54 Å². The Labute approximate surface area is 190 Å². The fourth-order valence-electron chi connectivity index (χ4n) is 4.42. The third-order valence-electron chi connectivity index (χ3n) is 6.47. The zero-order valence-electron chi connectivity index (χ0n) is 20.3. The lowest BCUT2D eigenvalue weighted by molar-refractivity contribution is -0.125. The Bertz CT molecular complexity index is 748. The maximum absolute atomic E-state index is 12.3. The first kappa shape index (κ1) is 25.4. The van der Waals surface area contributed by atoms with E-state index < -0.39 is 0 Å². The Morgan fingerprint density at radius 2 is 1.52 bits per heavy atom. The Kier molecular flexibility index (Phi) is 12.3. The van der Waals surface area contributed by atoms with Gasteiger partial charge in [-0.1, -0.05) is 90.7 Å². The van der Waals surface area contributed by atoms with Gasteiger partial charge in [0.25, 0.3) is 0 Å². The second-order valence-corrected chi connectivity index (χ2v) is 8.90. The van der Waals surface area contributed by atoms with Crippen molar-refractivity contribution in [1.29, 1.82) is 0 Å². The number of fused-ring (bicyclic) bond motifs is 1. The number of nitrogens with zero attached hydrogens (tertiary/aromatic N) is 2. The van der Waals surface area contributed by atoms with Crippen LogP contribution in [0.2, 0.25) is 0 Å². The Hall–Kier alpha value is -1.84. The van der Waals surface area contributed by atoms with Crippen molar-refractivity contribution >= 4 is 16.9 Å². The summed E-state index contributed by atoms with van der Waals surface area (Å²) in [5.74, 6) is 1.41. The van der Waals surface area contributed by atoms with Gasteiger partial charge in [0.2, 0.25) is 5.91 Å². The number of rotatable bonds is 17. The quantitative estimate of drug-likeness (QED) is 0.275. The van der Waals surface area contributed by atoms with Crippen molar-refractivity contribution in [1.82, 2.24) is 14.9 Å². The third-order valence-corrected chi connectivity index (χ3v) is 6.47. The number of para-hydroxylation sites is 2. The number of unbranched alkanes of at least 4 members (excludes halogenated alkanes) is 9. The molecule has 0 radical (unpaired) electrons. The molecule has 1 aromatic carbocycles. The Morgan fingerprint density at radius 3 is 2.16 bits per heavy atom. The first-order valence-corrected chi connectivity index (χ1v) is 12.9. The van der Waals surface area contributed by atoms with Gasteiger partial charge in [-0.05, 0) is 31.4 Å². The highest BCUT2D eigenvalue weighted by atomic mass is 16.1. The highest BCUT2D eigenvalue weighted by Gasteiger charge is 2.14. The van der Waals surface area contributed by atoms with Crippen molar-refractivity contribution in [3.8, 4) is 0 Å². The molecular formula is C27H45N3O. The van der Waals surface area contributed by atoms with Gasteiger partial charge in [0.05, 0.1) is 11.0 Å². The molecule has 1 heterocycles. The van der Waals surface area contributed by atoms with Gasteiger partial charge in [-0.15, -0.1) is 0 Å². The zero-order valence-corrected chi connectivity index (χ0v) is 20.3. The van der Waals surface area contributed by atoms with Crippen LogP contribution in [0.15, 0.2) is 24.3 Å². The molecule has 0 saturated heterocycles. The lowest BCUT2D eigenvalue weighted by Gasteiger charge is -2.13. The summed E-state index contributed by atoms with van der Waals surface area (Å²) in [5.41, 5.74) is 2.29. The Balaban J connectivity index is 1.79. The molecule has 0 aliphatic heterocycles. The van der Waals surface area contributed by atoms with E-state index in [1.165, 1.54) is 69.7 Å². The minimum atomic E-state index is 0.130. The summed E-state index contributed by atoms with van der Waals surface area (Å²) in [6.07, 6.45) is 16.1. The molecule has 0 atom stereocenters. The summed E-state index contributed by atoms with van der Waals surface area (Å²) < 4.78 is 2.38. The number of hydrogen-bond donors (Lipinski definition) is 1. The minimum absolute atomic E-state index is 0.130. The van der Waals surface area contributed by atoms with Gasteiger partial charge < -0.3 is 9.88 Å². The molecule has 0 spiro atoms. The highest BCUT2D eigenvalue weighted by Crippen LogP contribution is 2.18. The standard InChI is InChI=1S/C27H45N3O/c1-4-7-8-9-10-11-12-13-14-17-22-30-25-19-16-15-18-24(25)29-26(30)20-21-28-27(31)23(5-2)6-3/h15-16,18-19,23H,4-14,17,20-22H2,1-3H3,(H,28,31). The number of amides is 1. The van der Waals surface area contributed by atoms with Gasteiger partial charge in [0.1, 0.15) is 5.82 Å². The van der Waals surface area contributed by atoms with E-state index in [-0.39, 0.29) is 11.8 Å². The molecule has 1 amide bonds. The fraction of sp³-hybridized carbons (Fsp3) is 0.704. The maximum atomic E-state index is 12.3. The molecule has 0 aliphatic carbocycles. The first-order valence-electron chi connectivity index (χ1n) is 12.9. The smallest absolute Gasteiger partial charge is 0.223 e. The van der Waals surface area contributed by atoms with Crippen LogP contribution in [-0.2, 0) is 17.8 Å². The topological polar surface area (TPSA) is 46.9 Å². The molecule has 2 aromatic rings. The van der Waals surface area contributed by atoms with E-state index in [4.69, 9.17) is 4.98 Å². The zero-order chi connectivity index (χ0) is 22.3. The van der Waals surface area contributed by atoms with E-state index in [0.717, 1.165) is 37.1 Å². The van der Waals surface area contributed by atoms with Gasteiger partial charge in [-0.2, -0.15) is 0 Å². The number of hydrogen-bond acceptors (Lipinski definition) is 2. The van der Waals surface area contributed by atoms with Crippen LogP contribution < -0.4 is 5.32 Å². The number of aromatic nitrogens is 2. The summed E-state index contributed by atoms with van der Waals surface area (Å²) in [6, 6.07) is 8.41. The SMILES string of the molecule is CCCCCCCCCCCCn1c(CCNC(=O)C(CC)CC)nc2ccccc21. The molecule has 0 bridgehead atoms. The summed E-state index contributed by atoms with van der Waals surface area (Å²) in [5, 5.41) is 3.12. The first-order chi connectivity index (χ1) is 15.2. The average molecular weight is 428 g/mol. The molecule has 1 N–H and O–H groups in total. The van der Waals surface area contributed by atoms with E-state index in [9.17, 15) is 4.79 Å². The molecule has 174 valence electrons. The highest BCUT2D eigenvalue weighted by molar-refractivity contribution is 5.78. The number of aryl methyl sites for hydroxylation is 1. The summed E-state index contributed by atoms with van der Waals surface area (Å²) in [6.45, 7) is 8.13. The van der Waals surface area contributed by atoms with Crippen molar-refractivity contribution in [3.63, 3.8) is 0 Å². The van der Waals surface area contributed by atoms with E-state index in [2.05, 4.69) is 54.9 Å². The summed E-state index contributed by atoms with van der Waals surface area (Å²) >= 11 is 0. The van der Waals surface area contributed by atoms with Crippen LogP contribution in [0.4, 0.5) is 0 Å². The van der Waals surface area contributed by atoms with Crippen molar-refractivity contribution < 1.29 is 4.79 Å². The van der Waals surface area contributed by atoms with E-state index in [1.54, 1.807) is 0 Å². The van der Waals surface area contributed by atoms with Gasteiger partial charge in [-0.25, -0.2) is 4.98 Å². The number of benzene rings is 1. The lowest BCUT2D eigenvalue weighted by atomic mass is 10.0. The van der Waals surface area contributed by atoms with Crippen LogP contribution in [0.3, 0.4) is 0 Å². The molecule has 31 heavy (non-hydrogen) atoms. The monoisotopic (exact) mass is 427 g/mol. The van der Waals surface area contributed by atoms with Gasteiger partial charge in [0, 0.05) is 25.4 Å². The maximum Gasteiger partial charge on any atom is 0.223 e. The molecule has 0 fully saturated rings. The van der Waals surface area contributed by atoms with E-state index >= 15 is 0 Å². The average Bonchev–Trinajstić information content (AvgIpc) is 3.13. The minimum Gasteiger partial charge on any atom is -0.355 e. The molecular weight excluding hydrogens is 382 g/mol. The fourth-order valence-corrected chi connectivity index (χ4v) is 4.42. The largest absolute Gasteiger partial charge is 0.355 e. The van der Waals surface area contributed by atoms with Crippen LogP contribution in [0, 0.1) is 5.92 Å². The molecule has 0 unspecified atom stereocenters. The number of carbonyl (C=O) groups excluding carboxylic acids is 1. The summed E-state index contributed by atoms with van der Waals surface area (Å²) in [7, 11) is 0. The second-order valence-electron chi connectivity index (χ2n) is 8.90. The molecule has 2 rings (SSSR count). The molecule has 0 aliphatic rings. The van der Waals surface area contributed by atoms with E-state index in [1.807, 2.05) is 0 Å². The van der Waals surface area contributed by atoms with Crippen LogP contribution in [0.5, 0.6) is 0 Å². The van der Waals surface area contributed by atoms with Gasteiger partial charge in [-0.3, -0.25) is 4.79 Å². The predicted molar refractivity (Wildman–Crippen MR) is 132 cm³/mol. The van der Waals surface area contributed by atoms with Crippen molar-refractivity contribution in [2.45, 2.75) is 111 Å². The van der Waals surface area contributed by atoms with Gasteiger partial charge in [0.15, 0.2) is 0 Å². The van der Waals surface area contributed by atoms with Crippen LogP contribution in [0.1, 0.15) is 104 Å². The molecule has 4 nitrogen and oxygen atoms in total. The number of carbonyl (C=O) groups is 1. The van der Waals surface area contributed by atoms with Crippen LogP contribution in [0.25, 0.3) is 11.0 Å². The predicted octanol–water partition coefficient (Wildman–Crippen LogP) is 7.05. The van der Waals surface area contributed by atoms with E-state index in [0.29, 0.717) is 6.54 Å². The molecule has 4 heteroatoms. The van der Waals surface area contributed by atoms with Crippen molar-refractivity contribution in [3.05, 3.63) is 30.1 Å². The molecule has 1 aromatic heterocycles. The van der Waals surface area contributed by atoms with Crippen LogP contribution >= 0.6 is 0 Å².